The Morgan fingerprint density at radius 3 is 2.67 bits per heavy atom. The molecule has 100 valence electrons. The van der Waals surface area contributed by atoms with Crippen molar-refractivity contribution in [1.29, 1.82) is 0 Å². The minimum absolute atomic E-state index is 0.0675. The Hall–Kier alpha value is -0.600. The molecule has 1 nitrogen and oxygen atoms in total. The molecule has 0 unspecified atom stereocenters. The van der Waals surface area contributed by atoms with Gasteiger partial charge in [-0.25, -0.2) is 4.39 Å². The van der Waals surface area contributed by atoms with Crippen LogP contribution in [0.4, 0.5) is 4.39 Å². The van der Waals surface area contributed by atoms with Gasteiger partial charge >= 0.3 is 0 Å². The molecule has 0 heterocycles. The summed E-state index contributed by atoms with van der Waals surface area (Å²) in [6.07, 6.45) is 5.29. The molecule has 2 rings (SSSR count). The zero-order valence-corrected chi connectivity index (χ0v) is 11.6. The molecule has 1 aliphatic carbocycles. The maximum atomic E-state index is 13.8. The second kappa shape index (κ2) is 5.58. The van der Waals surface area contributed by atoms with Gasteiger partial charge < -0.3 is 5.73 Å². The minimum Gasteiger partial charge on any atom is -0.330 e. The molecule has 18 heavy (non-hydrogen) atoms. The summed E-state index contributed by atoms with van der Waals surface area (Å²) in [5.41, 5.74) is 6.74. The van der Waals surface area contributed by atoms with E-state index in [9.17, 15) is 4.39 Å². The topological polar surface area (TPSA) is 26.0 Å². The van der Waals surface area contributed by atoms with E-state index < -0.39 is 0 Å². The maximum absolute atomic E-state index is 13.8. The van der Waals surface area contributed by atoms with Gasteiger partial charge in [-0.1, -0.05) is 31.4 Å². The van der Waals surface area contributed by atoms with Gasteiger partial charge in [0, 0.05) is 5.02 Å². The molecule has 1 aromatic rings. The van der Waals surface area contributed by atoms with Gasteiger partial charge in [0.25, 0.3) is 0 Å². The standard InChI is InChI=1S/C15H21ClFN/c1-11-4-6-15(10-18,7-5-11)9-12-8-13(16)2-3-14(12)17/h2-3,8,11H,4-7,9-10,18H2,1H3. The Morgan fingerprint density at radius 1 is 1.39 bits per heavy atom. The Bertz CT molecular complexity index is 411. The summed E-state index contributed by atoms with van der Waals surface area (Å²) in [6, 6.07) is 4.79. The third-order valence-electron chi connectivity index (χ3n) is 4.34. The van der Waals surface area contributed by atoms with Crippen molar-refractivity contribution in [2.75, 3.05) is 6.54 Å². The van der Waals surface area contributed by atoms with Crippen molar-refractivity contribution in [1.82, 2.24) is 0 Å². The fourth-order valence-corrected chi connectivity index (χ4v) is 3.11. The Labute approximate surface area is 114 Å². The van der Waals surface area contributed by atoms with Crippen LogP contribution < -0.4 is 5.73 Å². The quantitative estimate of drug-likeness (QED) is 0.875. The number of rotatable bonds is 3. The maximum Gasteiger partial charge on any atom is 0.126 e. The van der Waals surface area contributed by atoms with Gasteiger partial charge in [-0.2, -0.15) is 0 Å². The van der Waals surface area contributed by atoms with Crippen molar-refractivity contribution < 1.29 is 4.39 Å². The first-order valence-corrected chi connectivity index (χ1v) is 7.06. The van der Waals surface area contributed by atoms with Crippen LogP contribution in [-0.2, 0) is 6.42 Å². The largest absolute Gasteiger partial charge is 0.330 e. The molecule has 0 aromatic heterocycles. The van der Waals surface area contributed by atoms with Crippen LogP contribution in [0.15, 0.2) is 18.2 Å². The molecule has 0 spiro atoms. The van der Waals surface area contributed by atoms with E-state index in [0.717, 1.165) is 18.8 Å². The lowest BCUT2D eigenvalue weighted by Crippen LogP contribution is -2.36. The van der Waals surface area contributed by atoms with E-state index in [1.165, 1.54) is 18.9 Å². The van der Waals surface area contributed by atoms with E-state index in [0.29, 0.717) is 23.6 Å². The summed E-state index contributed by atoms with van der Waals surface area (Å²) >= 11 is 5.95. The number of nitrogens with two attached hydrogens (primary N) is 1. The third kappa shape index (κ3) is 3.04. The number of hydrogen-bond donors (Lipinski definition) is 1. The fraction of sp³-hybridized carbons (Fsp3) is 0.600. The van der Waals surface area contributed by atoms with Crippen LogP contribution in [0.25, 0.3) is 0 Å². The van der Waals surface area contributed by atoms with Crippen LogP contribution in [0, 0.1) is 17.2 Å². The average molecular weight is 270 g/mol. The molecule has 0 amide bonds. The van der Waals surface area contributed by atoms with E-state index in [-0.39, 0.29) is 11.2 Å². The van der Waals surface area contributed by atoms with Crippen LogP contribution in [0.1, 0.15) is 38.2 Å². The van der Waals surface area contributed by atoms with Crippen molar-refractivity contribution in [3.8, 4) is 0 Å². The molecular formula is C15H21ClFN. The second-order valence-corrected chi connectivity index (χ2v) is 6.24. The molecule has 0 radical (unpaired) electrons. The summed E-state index contributed by atoms with van der Waals surface area (Å²) in [5, 5.41) is 0.600. The minimum atomic E-state index is -0.161. The first-order chi connectivity index (χ1) is 8.54. The van der Waals surface area contributed by atoms with Crippen LogP contribution in [0.2, 0.25) is 5.02 Å². The monoisotopic (exact) mass is 269 g/mol. The molecule has 1 aliphatic rings. The van der Waals surface area contributed by atoms with Crippen molar-refractivity contribution in [3.05, 3.63) is 34.6 Å². The molecule has 0 atom stereocenters. The van der Waals surface area contributed by atoms with Gasteiger partial charge in [0.15, 0.2) is 0 Å². The lowest BCUT2D eigenvalue weighted by molar-refractivity contribution is 0.162. The van der Waals surface area contributed by atoms with Crippen molar-refractivity contribution in [2.45, 2.75) is 39.0 Å². The van der Waals surface area contributed by atoms with E-state index in [1.807, 2.05) is 0 Å². The van der Waals surface area contributed by atoms with E-state index in [1.54, 1.807) is 12.1 Å². The van der Waals surface area contributed by atoms with Crippen molar-refractivity contribution >= 4 is 11.6 Å². The predicted molar refractivity (Wildman–Crippen MR) is 74.2 cm³/mol. The lowest BCUT2D eigenvalue weighted by Gasteiger charge is -2.39. The van der Waals surface area contributed by atoms with Gasteiger partial charge in [-0.3, -0.25) is 0 Å². The molecule has 0 aliphatic heterocycles. The molecular weight excluding hydrogens is 249 g/mol. The number of halogens is 2. The van der Waals surface area contributed by atoms with Crippen LogP contribution in [-0.4, -0.2) is 6.54 Å². The fourth-order valence-electron chi connectivity index (χ4n) is 2.91. The highest BCUT2D eigenvalue weighted by atomic mass is 35.5. The highest BCUT2D eigenvalue weighted by molar-refractivity contribution is 6.30. The average Bonchev–Trinajstić information content (AvgIpc) is 2.37. The Kier molecular flexibility index (Phi) is 4.29. The van der Waals surface area contributed by atoms with Crippen molar-refractivity contribution in [3.63, 3.8) is 0 Å². The van der Waals surface area contributed by atoms with E-state index in [4.69, 9.17) is 17.3 Å². The third-order valence-corrected chi connectivity index (χ3v) is 4.58. The molecule has 1 aromatic carbocycles. The van der Waals surface area contributed by atoms with Gasteiger partial charge in [-0.15, -0.1) is 0 Å². The zero-order chi connectivity index (χ0) is 13.2. The summed E-state index contributed by atoms with van der Waals surface area (Å²) in [4.78, 5) is 0. The number of hydrogen-bond acceptors (Lipinski definition) is 1. The van der Waals surface area contributed by atoms with Crippen LogP contribution in [0.5, 0.6) is 0 Å². The second-order valence-electron chi connectivity index (χ2n) is 5.80. The Balaban J connectivity index is 2.17. The molecule has 1 saturated carbocycles. The van der Waals surface area contributed by atoms with E-state index in [2.05, 4.69) is 6.92 Å². The highest BCUT2D eigenvalue weighted by Crippen LogP contribution is 2.41. The number of benzene rings is 1. The van der Waals surface area contributed by atoms with Gasteiger partial charge in [0.1, 0.15) is 5.82 Å². The summed E-state index contributed by atoms with van der Waals surface area (Å²) in [6.45, 7) is 2.91. The van der Waals surface area contributed by atoms with Crippen LogP contribution in [0.3, 0.4) is 0 Å². The molecule has 3 heteroatoms. The zero-order valence-electron chi connectivity index (χ0n) is 10.9. The SMILES string of the molecule is CC1CCC(CN)(Cc2cc(Cl)ccc2F)CC1. The predicted octanol–water partition coefficient (Wildman–Crippen LogP) is 4.18. The molecule has 1 fully saturated rings. The Morgan fingerprint density at radius 2 is 2.06 bits per heavy atom. The summed E-state index contributed by atoms with van der Waals surface area (Å²) < 4.78 is 13.8. The molecule has 0 bridgehead atoms. The smallest absolute Gasteiger partial charge is 0.126 e. The molecule has 0 saturated heterocycles. The van der Waals surface area contributed by atoms with Crippen molar-refractivity contribution in [2.24, 2.45) is 17.1 Å². The highest BCUT2D eigenvalue weighted by Gasteiger charge is 2.33. The summed E-state index contributed by atoms with van der Waals surface area (Å²) in [5.74, 6) is 0.611. The molecule has 2 N–H and O–H groups in total. The van der Waals surface area contributed by atoms with E-state index >= 15 is 0 Å². The first kappa shape index (κ1) is 13.8. The lowest BCUT2D eigenvalue weighted by atomic mass is 9.68. The van der Waals surface area contributed by atoms with Gasteiger partial charge in [0.2, 0.25) is 0 Å². The first-order valence-electron chi connectivity index (χ1n) is 6.69. The summed E-state index contributed by atoms with van der Waals surface area (Å²) in [7, 11) is 0. The normalized spacial score (nSPS) is 28.3. The van der Waals surface area contributed by atoms with Crippen LogP contribution >= 0.6 is 11.6 Å². The van der Waals surface area contributed by atoms with Gasteiger partial charge in [0.05, 0.1) is 0 Å². The van der Waals surface area contributed by atoms with Gasteiger partial charge in [-0.05, 0) is 60.9 Å².